The molecule has 1 heterocycles. The molecule has 1 aromatic rings. The molecule has 0 spiro atoms. The normalized spacial score (nSPS) is 16.7. The highest BCUT2D eigenvalue weighted by Crippen LogP contribution is 2.22. The fraction of sp³-hybridized carbons (Fsp3) is 0.562. The predicted octanol–water partition coefficient (Wildman–Crippen LogP) is 1.55. The van der Waals surface area contributed by atoms with Gasteiger partial charge in [-0.3, -0.25) is 4.79 Å². The van der Waals surface area contributed by atoms with Gasteiger partial charge in [-0.25, -0.2) is 0 Å². The van der Waals surface area contributed by atoms with Crippen molar-refractivity contribution in [2.45, 2.75) is 25.8 Å². The number of carbonyl (C=O) groups excluding carboxylic acids is 1. The van der Waals surface area contributed by atoms with E-state index in [1.165, 1.54) is 12.8 Å². The summed E-state index contributed by atoms with van der Waals surface area (Å²) in [5.74, 6) is -0.0568. The molecule has 2 rings (SSSR count). The molecule has 1 unspecified atom stereocenters. The summed E-state index contributed by atoms with van der Waals surface area (Å²) in [5, 5.41) is 3.05. The zero-order valence-electron chi connectivity index (χ0n) is 13.2. The van der Waals surface area contributed by atoms with E-state index in [0.717, 1.165) is 25.3 Å². The maximum Gasteiger partial charge on any atom is 0.251 e. The molecule has 1 aliphatic rings. The van der Waals surface area contributed by atoms with E-state index in [9.17, 15) is 4.79 Å². The smallest absolute Gasteiger partial charge is 0.251 e. The molecule has 1 fully saturated rings. The summed E-state index contributed by atoms with van der Waals surface area (Å²) in [6.07, 6.45) is 2.53. The first-order valence-electron chi connectivity index (χ1n) is 7.57. The van der Waals surface area contributed by atoms with Crippen molar-refractivity contribution in [2.24, 2.45) is 0 Å². The van der Waals surface area contributed by atoms with Crippen LogP contribution in [0.3, 0.4) is 0 Å². The molecule has 116 valence electrons. The molecule has 0 aliphatic carbocycles. The first-order chi connectivity index (χ1) is 9.97. The Bertz CT molecular complexity index is 495. The van der Waals surface area contributed by atoms with Gasteiger partial charge < -0.3 is 20.9 Å². The van der Waals surface area contributed by atoms with Gasteiger partial charge in [-0.1, -0.05) is 0 Å². The molecule has 5 nitrogen and oxygen atoms in total. The van der Waals surface area contributed by atoms with Crippen LogP contribution in [0.4, 0.5) is 11.4 Å². The second kappa shape index (κ2) is 6.80. The van der Waals surface area contributed by atoms with Crippen molar-refractivity contribution in [3.8, 4) is 0 Å². The van der Waals surface area contributed by atoms with Crippen molar-refractivity contribution in [3.05, 3.63) is 23.8 Å². The van der Waals surface area contributed by atoms with E-state index < -0.39 is 0 Å². The fourth-order valence-electron chi connectivity index (χ4n) is 2.81. The number of hydrogen-bond donors (Lipinski definition) is 2. The third kappa shape index (κ3) is 4.11. The van der Waals surface area contributed by atoms with Crippen molar-refractivity contribution < 1.29 is 4.79 Å². The Kier molecular flexibility index (Phi) is 5.07. The minimum atomic E-state index is -0.0568. The van der Waals surface area contributed by atoms with Gasteiger partial charge in [0.1, 0.15) is 0 Å². The second-order valence-corrected chi connectivity index (χ2v) is 6.05. The average molecular weight is 290 g/mol. The zero-order valence-corrected chi connectivity index (χ0v) is 13.2. The lowest BCUT2D eigenvalue weighted by atomic mass is 10.1. The number of amides is 1. The Morgan fingerprint density at radius 1 is 1.38 bits per heavy atom. The maximum atomic E-state index is 12.3. The van der Waals surface area contributed by atoms with Gasteiger partial charge >= 0.3 is 0 Å². The Morgan fingerprint density at radius 3 is 2.62 bits per heavy atom. The Labute approximate surface area is 127 Å². The Balaban J connectivity index is 1.94. The van der Waals surface area contributed by atoms with Crippen LogP contribution in [0, 0.1) is 0 Å². The van der Waals surface area contributed by atoms with E-state index in [-0.39, 0.29) is 11.9 Å². The largest absolute Gasteiger partial charge is 0.397 e. The number of anilines is 2. The van der Waals surface area contributed by atoms with Crippen molar-refractivity contribution in [1.29, 1.82) is 0 Å². The van der Waals surface area contributed by atoms with Crippen LogP contribution in [-0.2, 0) is 0 Å². The van der Waals surface area contributed by atoms with E-state index in [0.29, 0.717) is 11.3 Å². The molecule has 0 radical (unpaired) electrons. The number of nitrogens with zero attached hydrogens (tertiary/aromatic N) is 2. The first kappa shape index (κ1) is 15.6. The van der Waals surface area contributed by atoms with Crippen molar-refractivity contribution in [3.63, 3.8) is 0 Å². The summed E-state index contributed by atoms with van der Waals surface area (Å²) in [4.78, 5) is 16.6. The standard InChI is InChI=1S/C16H26N4O/c1-12(11-20-8-4-5-9-20)18-16(21)13-6-7-15(19(2)3)14(17)10-13/h6-7,10,12H,4-5,8-9,11,17H2,1-3H3,(H,18,21). The molecule has 0 bridgehead atoms. The van der Waals surface area contributed by atoms with E-state index in [2.05, 4.69) is 10.2 Å². The molecule has 5 heteroatoms. The monoisotopic (exact) mass is 290 g/mol. The third-order valence-electron chi connectivity index (χ3n) is 3.88. The summed E-state index contributed by atoms with van der Waals surface area (Å²) in [6.45, 7) is 5.25. The molecule has 0 saturated carbocycles. The number of rotatable bonds is 5. The molecule has 3 N–H and O–H groups in total. The second-order valence-electron chi connectivity index (χ2n) is 6.05. The Morgan fingerprint density at radius 2 is 2.05 bits per heavy atom. The molecular formula is C16H26N4O. The molecule has 21 heavy (non-hydrogen) atoms. The molecule has 1 saturated heterocycles. The van der Waals surface area contributed by atoms with Crippen LogP contribution < -0.4 is 16.0 Å². The summed E-state index contributed by atoms with van der Waals surface area (Å²) < 4.78 is 0. The fourth-order valence-corrected chi connectivity index (χ4v) is 2.81. The predicted molar refractivity (Wildman–Crippen MR) is 87.8 cm³/mol. The van der Waals surface area contributed by atoms with Crippen LogP contribution in [-0.4, -0.2) is 50.6 Å². The minimum absolute atomic E-state index is 0.0568. The van der Waals surface area contributed by atoms with Gasteiger partial charge in [0.25, 0.3) is 5.91 Å². The van der Waals surface area contributed by atoms with Crippen molar-refractivity contribution in [1.82, 2.24) is 10.2 Å². The number of nitrogens with two attached hydrogens (primary N) is 1. The van der Waals surface area contributed by atoms with Crippen LogP contribution in [0.2, 0.25) is 0 Å². The van der Waals surface area contributed by atoms with E-state index in [4.69, 9.17) is 5.73 Å². The van der Waals surface area contributed by atoms with Gasteiger partial charge in [0.2, 0.25) is 0 Å². The van der Waals surface area contributed by atoms with Gasteiger partial charge in [-0.2, -0.15) is 0 Å². The van der Waals surface area contributed by atoms with Gasteiger partial charge in [0, 0.05) is 32.2 Å². The van der Waals surface area contributed by atoms with Crippen LogP contribution in [0.25, 0.3) is 0 Å². The first-order valence-corrected chi connectivity index (χ1v) is 7.57. The lowest BCUT2D eigenvalue weighted by Crippen LogP contribution is -2.41. The SMILES string of the molecule is CC(CN1CCCC1)NC(=O)c1ccc(N(C)C)c(N)c1. The number of carbonyl (C=O) groups is 1. The summed E-state index contributed by atoms with van der Waals surface area (Å²) in [5.41, 5.74) is 8.16. The molecule has 1 amide bonds. The summed E-state index contributed by atoms with van der Waals surface area (Å²) in [7, 11) is 3.87. The Hall–Kier alpha value is -1.75. The van der Waals surface area contributed by atoms with Crippen LogP contribution in [0.15, 0.2) is 18.2 Å². The highest BCUT2D eigenvalue weighted by molar-refractivity contribution is 5.96. The minimum Gasteiger partial charge on any atom is -0.397 e. The molecule has 1 aliphatic heterocycles. The summed E-state index contributed by atoms with van der Waals surface area (Å²) >= 11 is 0. The van der Waals surface area contributed by atoms with Gasteiger partial charge in [0.15, 0.2) is 0 Å². The number of nitrogens with one attached hydrogen (secondary N) is 1. The number of likely N-dealkylation sites (tertiary alicyclic amines) is 1. The van der Waals surface area contributed by atoms with E-state index in [1.807, 2.05) is 38.1 Å². The van der Waals surface area contributed by atoms with Crippen LogP contribution in [0.5, 0.6) is 0 Å². The van der Waals surface area contributed by atoms with E-state index in [1.54, 1.807) is 6.07 Å². The lowest BCUT2D eigenvalue weighted by Gasteiger charge is -2.21. The van der Waals surface area contributed by atoms with Crippen LogP contribution in [0.1, 0.15) is 30.1 Å². The zero-order chi connectivity index (χ0) is 15.4. The highest BCUT2D eigenvalue weighted by Gasteiger charge is 2.17. The van der Waals surface area contributed by atoms with E-state index >= 15 is 0 Å². The average Bonchev–Trinajstić information content (AvgIpc) is 2.90. The number of nitrogen functional groups attached to an aromatic ring is 1. The van der Waals surface area contributed by atoms with Crippen molar-refractivity contribution in [2.75, 3.05) is 44.4 Å². The molecule has 1 atom stereocenters. The van der Waals surface area contributed by atoms with Gasteiger partial charge in [0.05, 0.1) is 11.4 Å². The lowest BCUT2D eigenvalue weighted by molar-refractivity contribution is 0.0932. The number of hydrogen-bond acceptors (Lipinski definition) is 4. The molecular weight excluding hydrogens is 264 g/mol. The highest BCUT2D eigenvalue weighted by atomic mass is 16.1. The van der Waals surface area contributed by atoms with Gasteiger partial charge in [-0.15, -0.1) is 0 Å². The summed E-state index contributed by atoms with van der Waals surface area (Å²) in [6, 6.07) is 5.59. The third-order valence-corrected chi connectivity index (χ3v) is 3.88. The van der Waals surface area contributed by atoms with Crippen molar-refractivity contribution >= 4 is 17.3 Å². The molecule has 1 aromatic carbocycles. The quantitative estimate of drug-likeness (QED) is 0.808. The topological polar surface area (TPSA) is 61.6 Å². The number of benzene rings is 1. The van der Waals surface area contributed by atoms with Crippen LogP contribution >= 0.6 is 0 Å². The van der Waals surface area contributed by atoms with Gasteiger partial charge in [-0.05, 0) is 51.1 Å². The maximum absolute atomic E-state index is 12.3. The molecule has 0 aromatic heterocycles.